The number of alkyl halides is 3. The number of hydrogen-bond acceptors (Lipinski definition) is 6. The number of rotatable bonds is 5. The van der Waals surface area contributed by atoms with Crippen molar-refractivity contribution in [2.24, 2.45) is 0 Å². The summed E-state index contributed by atoms with van der Waals surface area (Å²) >= 11 is 0. The van der Waals surface area contributed by atoms with Gasteiger partial charge in [0.15, 0.2) is 15.5 Å². The molecule has 3 heterocycles. The van der Waals surface area contributed by atoms with E-state index in [9.17, 15) is 31.2 Å². The number of amides is 2. The first-order chi connectivity index (χ1) is 19.3. The first-order valence-corrected chi connectivity index (χ1v) is 15.0. The summed E-state index contributed by atoms with van der Waals surface area (Å²) in [6, 6.07) is 8.49. The molecule has 0 saturated carbocycles. The number of nitrogens with zero attached hydrogens (tertiary/aromatic N) is 4. The zero-order valence-electron chi connectivity index (χ0n) is 22.4. The van der Waals surface area contributed by atoms with Crippen LogP contribution in [-0.2, 0) is 26.2 Å². The Morgan fingerprint density at radius 2 is 1.76 bits per heavy atom. The lowest BCUT2D eigenvalue weighted by atomic mass is 9.73. The van der Waals surface area contributed by atoms with E-state index < -0.39 is 38.5 Å². The van der Waals surface area contributed by atoms with Crippen molar-refractivity contribution in [2.45, 2.75) is 24.4 Å². The number of halogens is 3. The van der Waals surface area contributed by atoms with Gasteiger partial charge in [-0.15, -0.1) is 0 Å². The van der Waals surface area contributed by atoms with Crippen molar-refractivity contribution in [3.05, 3.63) is 64.5 Å². The SMILES string of the molecule is [C-]#[N+]c1ccc2c(c1)C1(CCN(CCOc3ccc(C(=O)N4CCS(=O)(=O)CC4)c(C(F)(F)F)c3)CC1)C(=O)N2C. The minimum atomic E-state index is -4.81. The molecule has 0 atom stereocenters. The molecule has 0 bridgehead atoms. The van der Waals surface area contributed by atoms with E-state index in [1.54, 1.807) is 30.1 Å². The third-order valence-corrected chi connectivity index (χ3v) is 9.85. The molecule has 3 aliphatic rings. The van der Waals surface area contributed by atoms with E-state index in [2.05, 4.69) is 9.74 Å². The number of hydrogen-bond donors (Lipinski definition) is 0. The lowest BCUT2D eigenvalue weighted by Crippen LogP contribution is -2.48. The number of likely N-dealkylation sites (N-methyl/N-ethyl adjacent to an activating group) is 1. The number of ether oxygens (including phenoxy) is 1. The Labute approximate surface area is 236 Å². The molecule has 1 spiro atoms. The molecule has 218 valence electrons. The summed E-state index contributed by atoms with van der Waals surface area (Å²) in [6.45, 7) is 8.73. The van der Waals surface area contributed by atoms with Crippen molar-refractivity contribution in [3.63, 3.8) is 0 Å². The number of piperidine rings is 1. The van der Waals surface area contributed by atoms with Crippen LogP contribution in [0.2, 0.25) is 0 Å². The van der Waals surface area contributed by atoms with Crippen LogP contribution in [0.5, 0.6) is 5.75 Å². The van der Waals surface area contributed by atoms with Crippen molar-refractivity contribution in [1.82, 2.24) is 9.80 Å². The van der Waals surface area contributed by atoms with Crippen molar-refractivity contribution < 1.29 is 35.9 Å². The summed E-state index contributed by atoms with van der Waals surface area (Å²) in [5.41, 5.74) is -0.198. The lowest BCUT2D eigenvalue weighted by Gasteiger charge is -2.38. The molecular weight excluding hydrogens is 561 g/mol. The second kappa shape index (κ2) is 10.6. The van der Waals surface area contributed by atoms with Crippen LogP contribution in [0, 0.1) is 6.57 Å². The molecule has 2 aromatic carbocycles. The Kier molecular flexibility index (Phi) is 7.50. The maximum absolute atomic E-state index is 13.9. The summed E-state index contributed by atoms with van der Waals surface area (Å²) in [7, 11) is -1.56. The van der Waals surface area contributed by atoms with Crippen LogP contribution in [0.1, 0.15) is 34.3 Å². The highest BCUT2D eigenvalue weighted by Crippen LogP contribution is 2.48. The lowest BCUT2D eigenvalue weighted by molar-refractivity contribution is -0.138. The van der Waals surface area contributed by atoms with Crippen LogP contribution >= 0.6 is 0 Å². The minimum absolute atomic E-state index is 0.00558. The van der Waals surface area contributed by atoms with Gasteiger partial charge in [0.05, 0.1) is 34.6 Å². The van der Waals surface area contributed by atoms with Gasteiger partial charge in [0.1, 0.15) is 12.4 Å². The standard InChI is InChI=1S/C28H29F3N4O5S/c1-32-19-3-6-24-23(17-19)27(26(37)33(24)2)7-9-34(10-8-27)11-14-40-20-4-5-21(22(18-20)28(29,30)31)25(36)35-12-15-41(38,39)16-13-35/h3-6,17-18H,7-16H2,2H3. The molecule has 2 saturated heterocycles. The monoisotopic (exact) mass is 590 g/mol. The molecule has 0 N–H and O–H groups in total. The second-order valence-electron chi connectivity index (χ2n) is 10.6. The van der Waals surface area contributed by atoms with Gasteiger partial charge in [0.2, 0.25) is 5.91 Å². The Balaban J connectivity index is 1.21. The maximum Gasteiger partial charge on any atom is 0.417 e. The average molecular weight is 591 g/mol. The van der Waals surface area contributed by atoms with E-state index in [1.807, 2.05) is 0 Å². The van der Waals surface area contributed by atoms with Crippen molar-refractivity contribution in [3.8, 4) is 5.75 Å². The minimum Gasteiger partial charge on any atom is -0.492 e. The summed E-state index contributed by atoms with van der Waals surface area (Å²) in [5.74, 6) is -1.45. The van der Waals surface area contributed by atoms with Crippen molar-refractivity contribution in [1.29, 1.82) is 0 Å². The molecule has 9 nitrogen and oxygen atoms in total. The van der Waals surface area contributed by atoms with E-state index >= 15 is 0 Å². The summed E-state index contributed by atoms with van der Waals surface area (Å²) < 4.78 is 70.5. The molecule has 0 unspecified atom stereocenters. The van der Waals surface area contributed by atoms with Crippen LogP contribution in [0.3, 0.4) is 0 Å². The number of carbonyl (C=O) groups is 2. The predicted molar refractivity (Wildman–Crippen MR) is 145 cm³/mol. The Morgan fingerprint density at radius 3 is 2.39 bits per heavy atom. The van der Waals surface area contributed by atoms with E-state index in [0.717, 1.165) is 28.3 Å². The predicted octanol–water partition coefficient (Wildman–Crippen LogP) is 3.52. The molecule has 41 heavy (non-hydrogen) atoms. The van der Waals surface area contributed by atoms with Crippen molar-refractivity contribution >= 4 is 33.0 Å². The van der Waals surface area contributed by atoms with Gasteiger partial charge in [-0.05, 0) is 55.8 Å². The molecule has 2 aromatic rings. The van der Waals surface area contributed by atoms with Crippen LogP contribution in [0.4, 0.5) is 24.5 Å². The number of likely N-dealkylation sites (tertiary alicyclic amines) is 1. The molecule has 0 aliphatic carbocycles. The third-order valence-electron chi connectivity index (χ3n) is 8.24. The van der Waals surface area contributed by atoms with Gasteiger partial charge in [0, 0.05) is 32.4 Å². The largest absolute Gasteiger partial charge is 0.492 e. The maximum atomic E-state index is 13.9. The normalized spacial score (nSPS) is 20.1. The molecule has 0 radical (unpaired) electrons. The summed E-state index contributed by atoms with van der Waals surface area (Å²) in [4.78, 5) is 34.4. The Morgan fingerprint density at radius 1 is 1.07 bits per heavy atom. The van der Waals surface area contributed by atoms with Crippen LogP contribution in [0.25, 0.3) is 4.85 Å². The number of sulfone groups is 1. The highest BCUT2D eigenvalue weighted by Gasteiger charge is 2.50. The highest BCUT2D eigenvalue weighted by atomic mass is 32.2. The number of fused-ring (bicyclic) bond motifs is 2. The van der Waals surface area contributed by atoms with Gasteiger partial charge in [-0.3, -0.25) is 14.5 Å². The fraction of sp³-hybridized carbons (Fsp3) is 0.464. The molecule has 2 amide bonds. The van der Waals surface area contributed by atoms with E-state index in [4.69, 9.17) is 11.3 Å². The Hall–Kier alpha value is -3.63. The quantitative estimate of drug-likeness (QED) is 0.495. The number of carbonyl (C=O) groups excluding carboxylic acids is 2. The third kappa shape index (κ3) is 5.50. The van der Waals surface area contributed by atoms with E-state index in [1.165, 1.54) is 6.07 Å². The molecule has 2 fully saturated rings. The van der Waals surface area contributed by atoms with Gasteiger partial charge in [0.25, 0.3) is 5.91 Å². The first kappa shape index (κ1) is 28.9. The van der Waals surface area contributed by atoms with Gasteiger partial charge >= 0.3 is 6.18 Å². The molecule has 13 heteroatoms. The fourth-order valence-electron chi connectivity index (χ4n) is 5.87. The van der Waals surface area contributed by atoms with Gasteiger partial charge in [-0.25, -0.2) is 13.3 Å². The molecule has 5 rings (SSSR count). The smallest absolute Gasteiger partial charge is 0.417 e. The van der Waals surface area contributed by atoms with E-state index in [-0.39, 0.29) is 42.9 Å². The van der Waals surface area contributed by atoms with Crippen LogP contribution in [0.15, 0.2) is 36.4 Å². The zero-order valence-corrected chi connectivity index (χ0v) is 23.2. The first-order valence-electron chi connectivity index (χ1n) is 13.2. The van der Waals surface area contributed by atoms with Crippen LogP contribution < -0.4 is 9.64 Å². The zero-order chi connectivity index (χ0) is 29.6. The van der Waals surface area contributed by atoms with Crippen LogP contribution in [-0.4, -0.2) is 87.9 Å². The second-order valence-corrected chi connectivity index (χ2v) is 12.9. The summed E-state index contributed by atoms with van der Waals surface area (Å²) in [5, 5.41) is 0. The fourth-order valence-corrected chi connectivity index (χ4v) is 7.07. The molecular formula is C28H29F3N4O5S. The number of benzene rings is 2. The molecule has 3 aliphatic heterocycles. The average Bonchev–Trinajstić information content (AvgIpc) is 3.14. The van der Waals surface area contributed by atoms with Gasteiger partial charge in [-0.2, -0.15) is 13.2 Å². The summed E-state index contributed by atoms with van der Waals surface area (Å²) in [6.07, 6.45) is -3.70. The highest BCUT2D eigenvalue weighted by molar-refractivity contribution is 7.91. The molecule has 0 aromatic heterocycles. The van der Waals surface area contributed by atoms with Gasteiger partial charge in [-0.1, -0.05) is 12.1 Å². The Bertz CT molecular complexity index is 1510. The topological polar surface area (TPSA) is 91.6 Å². The number of anilines is 1. The van der Waals surface area contributed by atoms with E-state index in [0.29, 0.717) is 38.2 Å². The van der Waals surface area contributed by atoms with Crippen molar-refractivity contribution in [2.75, 3.05) is 62.8 Å². The van der Waals surface area contributed by atoms with Gasteiger partial charge < -0.3 is 14.5 Å².